The Morgan fingerprint density at radius 1 is 1.31 bits per heavy atom. The van der Waals surface area contributed by atoms with E-state index in [-0.39, 0.29) is 11.5 Å². The van der Waals surface area contributed by atoms with Crippen molar-refractivity contribution in [2.75, 3.05) is 5.43 Å². The van der Waals surface area contributed by atoms with Crippen molar-refractivity contribution >= 4 is 16.5 Å². The van der Waals surface area contributed by atoms with E-state index in [0.717, 1.165) is 16.1 Å². The molecule has 0 spiro atoms. The number of nitrogen functional groups attached to an aromatic ring is 1. The second-order valence-electron chi connectivity index (χ2n) is 3.27. The summed E-state index contributed by atoms with van der Waals surface area (Å²) in [5, 5.41) is 19.2. The van der Waals surface area contributed by atoms with Crippen LogP contribution in [0.3, 0.4) is 0 Å². The third kappa shape index (κ3) is 1.80. The summed E-state index contributed by atoms with van der Waals surface area (Å²) in [5.41, 5.74) is 3.96. The van der Waals surface area contributed by atoms with Crippen LogP contribution in [0.1, 0.15) is 4.88 Å². The standard InChI is InChI=1S/C10H11N3O2S/c1-5-9(12-10(13-11)16-5)6-2-3-7(14)8(15)4-6/h2-4,14-15H,11H2,1H3,(H,12,13). The van der Waals surface area contributed by atoms with E-state index in [1.54, 1.807) is 6.07 Å². The van der Waals surface area contributed by atoms with E-state index in [0.29, 0.717) is 5.13 Å². The molecule has 0 atom stereocenters. The largest absolute Gasteiger partial charge is 0.504 e. The summed E-state index contributed by atoms with van der Waals surface area (Å²) in [5.74, 6) is 4.97. The summed E-state index contributed by atoms with van der Waals surface area (Å²) in [6, 6.07) is 4.59. The fourth-order valence-corrected chi connectivity index (χ4v) is 2.14. The van der Waals surface area contributed by atoms with Crippen molar-refractivity contribution in [3.8, 4) is 22.8 Å². The minimum atomic E-state index is -0.160. The van der Waals surface area contributed by atoms with Gasteiger partial charge in [-0.05, 0) is 25.1 Å². The number of rotatable bonds is 2. The summed E-state index contributed by atoms with van der Waals surface area (Å²) in [4.78, 5) is 5.24. The second-order valence-corrected chi connectivity index (χ2v) is 4.47. The molecule has 0 radical (unpaired) electrons. The van der Waals surface area contributed by atoms with Crippen LogP contribution in [0.2, 0.25) is 0 Å². The van der Waals surface area contributed by atoms with Gasteiger partial charge in [-0.3, -0.25) is 5.43 Å². The van der Waals surface area contributed by atoms with Crippen molar-refractivity contribution in [3.05, 3.63) is 23.1 Å². The van der Waals surface area contributed by atoms with Gasteiger partial charge in [0.1, 0.15) is 0 Å². The van der Waals surface area contributed by atoms with Gasteiger partial charge >= 0.3 is 0 Å². The maximum Gasteiger partial charge on any atom is 0.197 e. The lowest BCUT2D eigenvalue weighted by Crippen LogP contribution is -2.05. The van der Waals surface area contributed by atoms with Gasteiger partial charge in [-0.25, -0.2) is 10.8 Å². The van der Waals surface area contributed by atoms with Crippen molar-refractivity contribution < 1.29 is 10.2 Å². The molecule has 6 heteroatoms. The molecule has 1 aromatic carbocycles. The average molecular weight is 237 g/mol. The summed E-state index contributed by atoms with van der Waals surface area (Å²) in [6.45, 7) is 1.91. The molecule has 0 aliphatic carbocycles. The maximum atomic E-state index is 9.40. The van der Waals surface area contributed by atoms with Crippen LogP contribution >= 0.6 is 11.3 Å². The summed E-state index contributed by atoms with van der Waals surface area (Å²) in [7, 11) is 0. The Balaban J connectivity index is 2.49. The Kier molecular flexibility index (Phi) is 2.67. The van der Waals surface area contributed by atoms with E-state index in [4.69, 9.17) is 5.84 Å². The number of nitrogens with zero attached hydrogens (tertiary/aromatic N) is 1. The van der Waals surface area contributed by atoms with Crippen LogP contribution in [0.5, 0.6) is 11.5 Å². The number of anilines is 1. The third-order valence-corrected chi connectivity index (χ3v) is 3.07. The first-order chi connectivity index (χ1) is 7.61. The maximum absolute atomic E-state index is 9.40. The zero-order chi connectivity index (χ0) is 11.7. The zero-order valence-corrected chi connectivity index (χ0v) is 9.38. The number of phenolic OH excluding ortho intramolecular Hbond substituents is 2. The lowest BCUT2D eigenvalue weighted by molar-refractivity contribution is 0.404. The molecule has 2 aromatic rings. The summed E-state index contributed by atoms with van der Waals surface area (Å²) in [6.07, 6.45) is 0. The van der Waals surface area contributed by atoms with Gasteiger partial charge in [0.2, 0.25) is 0 Å². The van der Waals surface area contributed by atoms with Crippen LogP contribution in [0.4, 0.5) is 5.13 Å². The number of aryl methyl sites for hydroxylation is 1. The number of nitrogens with two attached hydrogens (primary N) is 1. The van der Waals surface area contributed by atoms with Crippen molar-refractivity contribution in [2.45, 2.75) is 6.92 Å². The quantitative estimate of drug-likeness (QED) is 0.363. The first-order valence-corrected chi connectivity index (χ1v) is 5.40. The van der Waals surface area contributed by atoms with E-state index in [9.17, 15) is 10.2 Å². The molecule has 5 nitrogen and oxygen atoms in total. The van der Waals surface area contributed by atoms with Gasteiger partial charge in [0, 0.05) is 10.4 Å². The molecule has 5 N–H and O–H groups in total. The van der Waals surface area contributed by atoms with Gasteiger partial charge < -0.3 is 10.2 Å². The molecule has 0 amide bonds. The molecule has 0 unspecified atom stereocenters. The van der Waals surface area contributed by atoms with Crippen molar-refractivity contribution in [3.63, 3.8) is 0 Å². The van der Waals surface area contributed by atoms with E-state index in [1.807, 2.05) is 6.92 Å². The SMILES string of the molecule is Cc1sc(NN)nc1-c1ccc(O)c(O)c1. The summed E-state index contributed by atoms with van der Waals surface area (Å²) < 4.78 is 0. The number of hydrazine groups is 1. The first kappa shape index (κ1) is 10.7. The number of nitrogens with one attached hydrogen (secondary N) is 1. The molecule has 0 aliphatic heterocycles. The van der Waals surface area contributed by atoms with Gasteiger partial charge in [-0.2, -0.15) is 0 Å². The highest BCUT2D eigenvalue weighted by molar-refractivity contribution is 7.15. The van der Waals surface area contributed by atoms with E-state index in [1.165, 1.54) is 23.5 Å². The molecule has 0 fully saturated rings. The van der Waals surface area contributed by atoms with Crippen LogP contribution < -0.4 is 11.3 Å². The van der Waals surface area contributed by atoms with Gasteiger partial charge in [0.15, 0.2) is 16.6 Å². The number of benzene rings is 1. The van der Waals surface area contributed by atoms with Gasteiger partial charge in [0.25, 0.3) is 0 Å². The number of aromatic nitrogens is 1. The number of phenols is 2. The number of thiazole rings is 1. The van der Waals surface area contributed by atoms with E-state index >= 15 is 0 Å². The normalized spacial score (nSPS) is 10.4. The Morgan fingerprint density at radius 3 is 2.62 bits per heavy atom. The Bertz CT molecular complexity index is 525. The number of aromatic hydroxyl groups is 2. The molecular formula is C10H11N3O2S. The van der Waals surface area contributed by atoms with Crippen LogP contribution in [0.15, 0.2) is 18.2 Å². The number of hydrogen-bond donors (Lipinski definition) is 4. The first-order valence-electron chi connectivity index (χ1n) is 4.58. The molecule has 0 saturated carbocycles. The molecule has 1 heterocycles. The molecule has 84 valence electrons. The Labute approximate surface area is 96.2 Å². The molecule has 2 rings (SSSR count). The zero-order valence-electron chi connectivity index (χ0n) is 8.56. The van der Waals surface area contributed by atoms with Crippen molar-refractivity contribution in [2.24, 2.45) is 5.84 Å². The van der Waals surface area contributed by atoms with E-state index in [2.05, 4.69) is 10.4 Å². The highest BCUT2D eigenvalue weighted by atomic mass is 32.1. The highest BCUT2D eigenvalue weighted by Crippen LogP contribution is 2.34. The average Bonchev–Trinajstić information content (AvgIpc) is 2.64. The predicted molar refractivity (Wildman–Crippen MR) is 63.4 cm³/mol. The molecule has 1 aromatic heterocycles. The van der Waals surface area contributed by atoms with Gasteiger partial charge in [-0.1, -0.05) is 0 Å². The molecule has 16 heavy (non-hydrogen) atoms. The molecule has 0 saturated heterocycles. The highest BCUT2D eigenvalue weighted by Gasteiger charge is 2.10. The predicted octanol–water partition coefficient (Wildman–Crippen LogP) is 1.82. The fraction of sp³-hybridized carbons (Fsp3) is 0.100. The topological polar surface area (TPSA) is 91.4 Å². The second kappa shape index (κ2) is 3.99. The minimum Gasteiger partial charge on any atom is -0.504 e. The van der Waals surface area contributed by atoms with Crippen LogP contribution in [0, 0.1) is 6.92 Å². The number of hydrogen-bond acceptors (Lipinski definition) is 6. The smallest absolute Gasteiger partial charge is 0.197 e. The van der Waals surface area contributed by atoms with Gasteiger partial charge in [-0.15, -0.1) is 11.3 Å². The Hall–Kier alpha value is -1.79. The van der Waals surface area contributed by atoms with Crippen LogP contribution in [-0.4, -0.2) is 15.2 Å². The molecule has 0 aliphatic rings. The Morgan fingerprint density at radius 2 is 2.06 bits per heavy atom. The third-order valence-electron chi connectivity index (χ3n) is 2.17. The van der Waals surface area contributed by atoms with E-state index < -0.39 is 0 Å². The summed E-state index contributed by atoms with van der Waals surface area (Å²) >= 11 is 1.43. The lowest BCUT2D eigenvalue weighted by Gasteiger charge is -2.01. The monoisotopic (exact) mass is 237 g/mol. The molecule has 0 bridgehead atoms. The van der Waals surface area contributed by atoms with Gasteiger partial charge in [0.05, 0.1) is 5.69 Å². The van der Waals surface area contributed by atoms with Crippen LogP contribution in [-0.2, 0) is 0 Å². The van der Waals surface area contributed by atoms with Crippen LogP contribution in [0.25, 0.3) is 11.3 Å². The lowest BCUT2D eigenvalue weighted by atomic mass is 10.1. The molecular weight excluding hydrogens is 226 g/mol. The minimum absolute atomic E-state index is 0.145. The fourth-order valence-electron chi connectivity index (χ4n) is 1.40. The van der Waals surface area contributed by atoms with Crippen molar-refractivity contribution in [1.29, 1.82) is 0 Å². The van der Waals surface area contributed by atoms with Crippen molar-refractivity contribution in [1.82, 2.24) is 4.98 Å².